The number of pyridine rings is 1. The van der Waals surface area contributed by atoms with Crippen molar-refractivity contribution in [3.8, 4) is 17.2 Å². The van der Waals surface area contributed by atoms with Crippen molar-refractivity contribution in [2.45, 2.75) is 20.4 Å². The summed E-state index contributed by atoms with van der Waals surface area (Å²) in [6.45, 7) is 6.45. The minimum absolute atomic E-state index is 0.321. The van der Waals surface area contributed by atoms with Gasteiger partial charge in [-0.25, -0.2) is 9.78 Å². The summed E-state index contributed by atoms with van der Waals surface area (Å²) in [5.41, 5.74) is 4.26. The zero-order chi connectivity index (χ0) is 23.5. The number of aromatic carboxylic acids is 1. The van der Waals surface area contributed by atoms with Gasteiger partial charge in [-0.1, -0.05) is 25.1 Å². The zero-order valence-electron chi connectivity index (χ0n) is 19.3. The molecule has 1 aliphatic heterocycles. The number of methoxy groups -OCH3 is 2. The van der Waals surface area contributed by atoms with Gasteiger partial charge in [0.25, 0.3) is 0 Å². The van der Waals surface area contributed by atoms with Crippen LogP contribution in [0.15, 0.2) is 36.4 Å². The lowest BCUT2D eigenvalue weighted by atomic mass is 9.92. The summed E-state index contributed by atoms with van der Waals surface area (Å²) in [5, 5.41) is 10.7. The van der Waals surface area contributed by atoms with Crippen LogP contribution in [0.25, 0.3) is 22.6 Å². The molecule has 1 aromatic heterocycles. The van der Waals surface area contributed by atoms with Crippen molar-refractivity contribution in [1.82, 2.24) is 9.88 Å². The van der Waals surface area contributed by atoms with Crippen molar-refractivity contribution in [3.63, 3.8) is 0 Å². The predicted octanol–water partition coefficient (Wildman–Crippen LogP) is 4.73. The number of likely N-dealkylation sites (N-methyl/N-ethyl adjacent to an activating group) is 1. The molecule has 0 unspecified atom stereocenters. The zero-order valence-corrected chi connectivity index (χ0v) is 19.3. The first-order valence-electron chi connectivity index (χ1n) is 11.0. The molecule has 4 rings (SSSR count). The monoisotopic (exact) mass is 448 g/mol. The number of ether oxygens (including phenoxy) is 3. The Morgan fingerprint density at radius 3 is 2.42 bits per heavy atom. The average Bonchev–Trinajstić information content (AvgIpc) is 2.82. The molecule has 33 heavy (non-hydrogen) atoms. The molecule has 2 heterocycles. The molecule has 0 fully saturated rings. The van der Waals surface area contributed by atoms with Crippen LogP contribution in [0.2, 0.25) is 0 Å². The summed E-state index contributed by atoms with van der Waals surface area (Å²) in [5.74, 6) is 0.765. The van der Waals surface area contributed by atoms with Crippen LogP contribution in [0.4, 0.5) is 0 Å². The summed E-state index contributed by atoms with van der Waals surface area (Å²) in [7, 11) is 3.19. The molecular formula is C26H28N2O5. The third kappa shape index (κ3) is 4.24. The molecule has 0 aliphatic carbocycles. The molecule has 7 heteroatoms. The first-order chi connectivity index (χ1) is 16.0. The Morgan fingerprint density at radius 1 is 1.12 bits per heavy atom. The van der Waals surface area contributed by atoms with Crippen LogP contribution < -0.4 is 14.2 Å². The molecular weight excluding hydrogens is 420 g/mol. The van der Waals surface area contributed by atoms with Gasteiger partial charge in [0.05, 0.1) is 37.6 Å². The number of nitrogens with zero attached hydrogens (tertiary/aromatic N) is 2. The summed E-state index contributed by atoms with van der Waals surface area (Å²) in [6.07, 6.45) is 2.02. The van der Waals surface area contributed by atoms with E-state index in [2.05, 4.69) is 11.8 Å². The normalized spacial score (nSPS) is 14.8. The maximum atomic E-state index is 12.3. The second-order valence-corrected chi connectivity index (χ2v) is 7.80. The van der Waals surface area contributed by atoms with Crippen molar-refractivity contribution in [2.24, 2.45) is 0 Å². The van der Waals surface area contributed by atoms with Crippen molar-refractivity contribution >= 4 is 28.5 Å². The maximum Gasteiger partial charge on any atom is 0.336 e. The largest absolute Gasteiger partial charge is 0.493 e. The first-order valence-corrected chi connectivity index (χ1v) is 11.0. The molecule has 0 amide bonds. The molecule has 172 valence electrons. The summed E-state index contributed by atoms with van der Waals surface area (Å²) in [4.78, 5) is 19.4. The van der Waals surface area contributed by atoms with Gasteiger partial charge >= 0.3 is 5.97 Å². The van der Waals surface area contributed by atoms with E-state index in [0.717, 1.165) is 28.9 Å². The number of carboxylic acids is 1. The van der Waals surface area contributed by atoms with Gasteiger partial charge < -0.3 is 19.3 Å². The Morgan fingerprint density at radius 2 is 1.82 bits per heavy atom. The third-order valence-electron chi connectivity index (χ3n) is 5.85. The highest BCUT2D eigenvalue weighted by molar-refractivity contribution is 6.06. The van der Waals surface area contributed by atoms with Crippen LogP contribution in [0.5, 0.6) is 17.2 Å². The number of fused-ring (bicyclic) bond motifs is 2. The molecule has 7 nitrogen and oxygen atoms in total. The summed E-state index contributed by atoms with van der Waals surface area (Å²) in [6, 6.07) is 11.2. The van der Waals surface area contributed by atoms with E-state index in [0.29, 0.717) is 53.4 Å². The molecule has 1 aliphatic rings. The smallest absolute Gasteiger partial charge is 0.336 e. The minimum Gasteiger partial charge on any atom is -0.493 e. The highest BCUT2D eigenvalue weighted by Gasteiger charge is 2.28. The van der Waals surface area contributed by atoms with E-state index in [9.17, 15) is 9.90 Å². The number of para-hydroxylation sites is 1. The van der Waals surface area contributed by atoms with Crippen molar-refractivity contribution in [3.05, 3.63) is 58.8 Å². The van der Waals surface area contributed by atoms with E-state index in [1.54, 1.807) is 14.2 Å². The number of hydrogen-bond acceptors (Lipinski definition) is 6. The fourth-order valence-electron chi connectivity index (χ4n) is 4.32. The highest BCUT2D eigenvalue weighted by Crippen LogP contribution is 2.40. The SMILES string of the molecule is CCOc1c(OC)cc(/C=C2\CN(CC)Cc3c2nc2ccccc2c3C(=O)O)cc1OC. The topological polar surface area (TPSA) is 81.1 Å². The molecule has 0 saturated heterocycles. The van der Waals surface area contributed by atoms with Crippen LogP contribution in [0.1, 0.15) is 41.0 Å². The highest BCUT2D eigenvalue weighted by atomic mass is 16.5. The molecule has 3 aromatic rings. The first kappa shape index (κ1) is 22.6. The van der Waals surface area contributed by atoms with Gasteiger partial charge in [-0.3, -0.25) is 4.90 Å². The molecule has 1 N–H and O–H groups in total. The summed E-state index contributed by atoms with van der Waals surface area (Å²) < 4.78 is 16.8. The average molecular weight is 449 g/mol. The third-order valence-corrected chi connectivity index (χ3v) is 5.85. The van der Waals surface area contributed by atoms with Gasteiger partial charge in [0.15, 0.2) is 11.5 Å². The molecule has 0 radical (unpaired) electrons. The number of rotatable bonds is 7. The lowest BCUT2D eigenvalue weighted by molar-refractivity contribution is 0.0696. The predicted molar refractivity (Wildman–Crippen MR) is 128 cm³/mol. The van der Waals surface area contributed by atoms with Gasteiger partial charge in [-0.15, -0.1) is 0 Å². The van der Waals surface area contributed by atoms with Gasteiger partial charge in [-0.05, 0) is 48.9 Å². The molecule has 0 spiro atoms. The van der Waals surface area contributed by atoms with E-state index in [4.69, 9.17) is 19.2 Å². The Labute approximate surface area is 193 Å². The van der Waals surface area contributed by atoms with Gasteiger partial charge in [0, 0.05) is 24.0 Å². The Kier molecular flexibility index (Phi) is 6.51. The van der Waals surface area contributed by atoms with Crippen molar-refractivity contribution in [1.29, 1.82) is 0 Å². The van der Waals surface area contributed by atoms with E-state index >= 15 is 0 Å². The number of carbonyl (C=O) groups is 1. The van der Waals surface area contributed by atoms with E-state index in [1.807, 2.05) is 49.4 Å². The number of aromatic nitrogens is 1. The number of hydrogen-bond donors (Lipinski definition) is 1. The quantitative estimate of drug-likeness (QED) is 0.560. The fraction of sp³-hybridized carbons (Fsp3) is 0.308. The van der Waals surface area contributed by atoms with Crippen LogP contribution in [0.3, 0.4) is 0 Å². The lowest BCUT2D eigenvalue weighted by Crippen LogP contribution is -2.31. The van der Waals surface area contributed by atoms with Crippen LogP contribution >= 0.6 is 0 Å². The minimum atomic E-state index is -0.938. The van der Waals surface area contributed by atoms with Crippen molar-refractivity contribution < 1.29 is 24.1 Å². The van der Waals surface area contributed by atoms with Gasteiger partial charge in [-0.2, -0.15) is 0 Å². The molecule has 2 aromatic carbocycles. The standard InChI is InChI=1S/C26H28N2O5/c1-5-28-14-17(11-16-12-21(31-3)25(33-6-2)22(13-16)32-4)24-19(15-28)23(26(29)30)18-9-7-8-10-20(18)27-24/h7-13H,5-6,14-15H2,1-4H3,(H,29,30)/b17-11+. The van der Waals surface area contributed by atoms with E-state index < -0.39 is 5.97 Å². The fourth-order valence-corrected chi connectivity index (χ4v) is 4.32. The molecule has 0 saturated carbocycles. The Bertz CT molecular complexity index is 1210. The van der Waals surface area contributed by atoms with Crippen LogP contribution in [-0.2, 0) is 6.54 Å². The van der Waals surface area contributed by atoms with Gasteiger partial charge in [0.1, 0.15) is 0 Å². The second-order valence-electron chi connectivity index (χ2n) is 7.80. The van der Waals surface area contributed by atoms with Crippen LogP contribution in [0, 0.1) is 0 Å². The lowest BCUT2D eigenvalue weighted by Gasteiger charge is -2.30. The second kappa shape index (κ2) is 9.50. The number of benzene rings is 2. The Balaban J connectivity index is 1.94. The maximum absolute atomic E-state index is 12.3. The van der Waals surface area contributed by atoms with Crippen molar-refractivity contribution in [2.75, 3.05) is 33.9 Å². The Hall–Kier alpha value is -3.58. The van der Waals surface area contributed by atoms with Crippen LogP contribution in [-0.4, -0.2) is 54.9 Å². The summed E-state index contributed by atoms with van der Waals surface area (Å²) >= 11 is 0. The van der Waals surface area contributed by atoms with E-state index in [1.165, 1.54) is 0 Å². The van der Waals surface area contributed by atoms with Gasteiger partial charge in [0.2, 0.25) is 5.75 Å². The molecule has 0 atom stereocenters. The van der Waals surface area contributed by atoms with E-state index in [-0.39, 0.29) is 0 Å². The number of carboxylic acid groups (broad SMARTS) is 1. The molecule has 0 bridgehead atoms.